The summed E-state index contributed by atoms with van der Waals surface area (Å²) in [5.74, 6) is 0. The van der Waals surface area contributed by atoms with Crippen molar-refractivity contribution in [1.82, 2.24) is 9.80 Å². The van der Waals surface area contributed by atoms with Gasteiger partial charge in [-0.2, -0.15) is 0 Å². The van der Waals surface area contributed by atoms with E-state index in [4.69, 9.17) is 5.73 Å². The van der Waals surface area contributed by atoms with Crippen LogP contribution in [0, 0.1) is 5.41 Å². The summed E-state index contributed by atoms with van der Waals surface area (Å²) >= 11 is 0. The van der Waals surface area contributed by atoms with Crippen LogP contribution in [0.15, 0.2) is 0 Å². The highest BCUT2D eigenvalue weighted by Crippen LogP contribution is 2.46. The summed E-state index contributed by atoms with van der Waals surface area (Å²) in [5, 5.41) is 0. The van der Waals surface area contributed by atoms with Gasteiger partial charge in [0.1, 0.15) is 0 Å². The molecule has 2 N–H and O–H groups in total. The molecule has 1 aliphatic rings. The average molecular weight is 284 g/mol. The summed E-state index contributed by atoms with van der Waals surface area (Å²) in [6.45, 7) is 18.3. The number of hydrogen-bond donors (Lipinski definition) is 1. The third kappa shape index (κ3) is 4.44. The Morgan fingerprint density at radius 1 is 0.950 bits per heavy atom. The molecule has 1 saturated carbocycles. The van der Waals surface area contributed by atoms with Gasteiger partial charge in [-0.3, -0.25) is 4.90 Å². The molecule has 0 radical (unpaired) electrons. The van der Waals surface area contributed by atoms with Crippen molar-refractivity contribution in [3.05, 3.63) is 0 Å². The minimum absolute atomic E-state index is 0.265. The Bertz CT molecular complexity index is 273. The van der Waals surface area contributed by atoms with Crippen molar-refractivity contribution < 1.29 is 0 Å². The lowest BCUT2D eigenvalue weighted by molar-refractivity contribution is 0.0890. The van der Waals surface area contributed by atoms with Gasteiger partial charge in [0.05, 0.1) is 0 Å². The second-order valence-corrected chi connectivity index (χ2v) is 7.23. The normalized spacial score (nSPS) is 25.8. The summed E-state index contributed by atoms with van der Waals surface area (Å²) in [7, 11) is 0. The fourth-order valence-electron chi connectivity index (χ4n) is 3.97. The molecular weight excluding hydrogens is 246 g/mol. The highest BCUT2D eigenvalue weighted by Gasteiger charge is 2.45. The van der Waals surface area contributed by atoms with Crippen LogP contribution in [0.5, 0.6) is 0 Å². The largest absolute Gasteiger partial charge is 0.329 e. The van der Waals surface area contributed by atoms with Crippen molar-refractivity contribution in [2.75, 3.05) is 39.3 Å². The Hall–Kier alpha value is -0.120. The first-order chi connectivity index (χ1) is 9.43. The third-order valence-electron chi connectivity index (χ3n) is 5.30. The zero-order valence-electron chi connectivity index (χ0n) is 14.5. The first kappa shape index (κ1) is 17.9. The van der Waals surface area contributed by atoms with Gasteiger partial charge in [0.15, 0.2) is 0 Å². The van der Waals surface area contributed by atoms with Gasteiger partial charge < -0.3 is 10.6 Å². The zero-order chi connectivity index (χ0) is 15.2. The number of rotatable bonds is 9. The van der Waals surface area contributed by atoms with Crippen molar-refractivity contribution in [2.45, 2.75) is 65.8 Å². The summed E-state index contributed by atoms with van der Waals surface area (Å²) in [6, 6.07) is 0. The molecule has 0 spiro atoms. The van der Waals surface area contributed by atoms with Crippen LogP contribution >= 0.6 is 0 Å². The van der Waals surface area contributed by atoms with E-state index < -0.39 is 0 Å². The Balaban J connectivity index is 2.56. The number of nitrogens with two attached hydrogens (primary N) is 1. The molecule has 1 aliphatic carbocycles. The van der Waals surface area contributed by atoms with E-state index >= 15 is 0 Å². The minimum Gasteiger partial charge on any atom is -0.329 e. The van der Waals surface area contributed by atoms with Crippen molar-refractivity contribution in [2.24, 2.45) is 11.1 Å². The van der Waals surface area contributed by atoms with Crippen LogP contribution in [0.1, 0.15) is 60.3 Å². The molecule has 0 saturated heterocycles. The second-order valence-electron chi connectivity index (χ2n) is 7.23. The second kappa shape index (κ2) is 7.77. The monoisotopic (exact) mass is 283 g/mol. The predicted octanol–water partition coefficient (Wildman–Crippen LogP) is 2.95. The topological polar surface area (TPSA) is 32.5 Å². The number of likely N-dealkylation sites (N-methyl/N-ethyl adjacent to an activating group) is 1. The van der Waals surface area contributed by atoms with E-state index in [-0.39, 0.29) is 5.54 Å². The van der Waals surface area contributed by atoms with Gasteiger partial charge in [0.2, 0.25) is 0 Å². The lowest BCUT2D eigenvalue weighted by Crippen LogP contribution is -2.53. The van der Waals surface area contributed by atoms with Crippen LogP contribution in [-0.4, -0.2) is 54.6 Å². The van der Waals surface area contributed by atoms with Gasteiger partial charge in [-0.1, -0.05) is 34.6 Å². The lowest BCUT2D eigenvalue weighted by atomic mass is 9.86. The standard InChI is InChI=1S/C17H37N3/c1-6-19(7-2)12-9-13-20(8-3)17(15-18)11-10-16(4,5)14-17/h6-15,18H2,1-5H3. The fraction of sp³-hybridized carbons (Fsp3) is 1.00. The molecule has 1 atom stereocenters. The fourth-order valence-corrected chi connectivity index (χ4v) is 3.97. The number of nitrogens with zero attached hydrogens (tertiary/aromatic N) is 2. The van der Waals surface area contributed by atoms with Crippen LogP contribution in [0.4, 0.5) is 0 Å². The molecule has 3 nitrogen and oxygen atoms in total. The molecule has 0 aliphatic heterocycles. The smallest absolute Gasteiger partial charge is 0.0336 e. The molecular formula is C17H37N3. The summed E-state index contributed by atoms with van der Waals surface area (Å²) in [4.78, 5) is 5.19. The van der Waals surface area contributed by atoms with Crippen LogP contribution in [0.3, 0.4) is 0 Å². The molecule has 20 heavy (non-hydrogen) atoms. The predicted molar refractivity (Wildman–Crippen MR) is 89.1 cm³/mol. The maximum atomic E-state index is 6.20. The van der Waals surface area contributed by atoms with Gasteiger partial charge in [-0.25, -0.2) is 0 Å². The van der Waals surface area contributed by atoms with E-state index in [2.05, 4.69) is 44.4 Å². The average Bonchev–Trinajstić information content (AvgIpc) is 2.76. The molecule has 0 heterocycles. The van der Waals surface area contributed by atoms with Gasteiger partial charge in [0.25, 0.3) is 0 Å². The zero-order valence-corrected chi connectivity index (χ0v) is 14.5. The highest BCUT2D eigenvalue weighted by molar-refractivity contribution is 5.01. The molecule has 0 aromatic heterocycles. The SMILES string of the molecule is CCN(CC)CCCN(CC)C1(CN)CCC(C)(C)C1. The first-order valence-electron chi connectivity index (χ1n) is 8.60. The lowest BCUT2D eigenvalue weighted by Gasteiger charge is -2.41. The molecule has 0 bridgehead atoms. The molecule has 0 aromatic carbocycles. The van der Waals surface area contributed by atoms with E-state index in [1.165, 1.54) is 38.8 Å². The summed E-state index contributed by atoms with van der Waals surface area (Å²) in [6.07, 6.45) is 5.11. The maximum Gasteiger partial charge on any atom is 0.0336 e. The quantitative estimate of drug-likeness (QED) is 0.706. The van der Waals surface area contributed by atoms with Crippen molar-refractivity contribution in [3.63, 3.8) is 0 Å². The Kier molecular flexibility index (Phi) is 6.96. The molecule has 3 heteroatoms. The highest BCUT2D eigenvalue weighted by atomic mass is 15.2. The number of hydrogen-bond acceptors (Lipinski definition) is 3. The minimum atomic E-state index is 0.265. The van der Waals surface area contributed by atoms with Gasteiger partial charge in [-0.15, -0.1) is 0 Å². The maximum absolute atomic E-state index is 6.20. The van der Waals surface area contributed by atoms with E-state index in [9.17, 15) is 0 Å². The molecule has 1 rings (SSSR count). The van der Waals surface area contributed by atoms with Crippen LogP contribution in [0.25, 0.3) is 0 Å². The Morgan fingerprint density at radius 3 is 2.00 bits per heavy atom. The molecule has 120 valence electrons. The van der Waals surface area contributed by atoms with E-state index in [1.807, 2.05) is 0 Å². The summed E-state index contributed by atoms with van der Waals surface area (Å²) in [5.41, 5.74) is 6.93. The Labute approximate surface area is 126 Å². The molecule has 0 amide bonds. The van der Waals surface area contributed by atoms with Crippen LogP contribution in [0.2, 0.25) is 0 Å². The van der Waals surface area contributed by atoms with Gasteiger partial charge >= 0.3 is 0 Å². The summed E-state index contributed by atoms with van der Waals surface area (Å²) < 4.78 is 0. The van der Waals surface area contributed by atoms with Crippen molar-refractivity contribution >= 4 is 0 Å². The van der Waals surface area contributed by atoms with Crippen LogP contribution in [-0.2, 0) is 0 Å². The van der Waals surface area contributed by atoms with Crippen molar-refractivity contribution in [1.29, 1.82) is 0 Å². The van der Waals surface area contributed by atoms with E-state index in [1.54, 1.807) is 0 Å². The Morgan fingerprint density at radius 2 is 1.60 bits per heavy atom. The van der Waals surface area contributed by atoms with E-state index in [0.29, 0.717) is 5.41 Å². The third-order valence-corrected chi connectivity index (χ3v) is 5.30. The van der Waals surface area contributed by atoms with Crippen LogP contribution < -0.4 is 5.73 Å². The first-order valence-corrected chi connectivity index (χ1v) is 8.60. The molecule has 0 aromatic rings. The van der Waals surface area contributed by atoms with E-state index in [0.717, 1.165) is 26.2 Å². The van der Waals surface area contributed by atoms with Gasteiger partial charge in [-0.05, 0) is 63.8 Å². The molecule has 1 unspecified atom stereocenters. The van der Waals surface area contributed by atoms with Gasteiger partial charge in [0, 0.05) is 12.1 Å². The molecule has 1 fully saturated rings. The van der Waals surface area contributed by atoms with Crippen molar-refractivity contribution in [3.8, 4) is 0 Å².